The molecule has 0 aliphatic carbocycles. The number of hydrogen-bond donors (Lipinski definition) is 1. The summed E-state index contributed by atoms with van der Waals surface area (Å²) in [5.41, 5.74) is 1.53. The van der Waals surface area contributed by atoms with E-state index in [2.05, 4.69) is 16.4 Å². The quantitative estimate of drug-likeness (QED) is 0.869. The Hall–Kier alpha value is -2.25. The third-order valence-corrected chi connectivity index (χ3v) is 2.81. The van der Waals surface area contributed by atoms with Crippen molar-refractivity contribution in [3.63, 3.8) is 0 Å². The minimum Gasteiger partial charge on any atom is -0.497 e. The van der Waals surface area contributed by atoms with Crippen molar-refractivity contribution in [3.8, 4) is 11.8 Å². The molecule has 1 heterocycles. The van der Waals surface area contributed by atoms with Gasteiger partial charge in [-0.05, 0) is 29.8 Å². The summed E-state index contributed by atoms with van der Waals surface area (Å²) < 4.78 is 5.09. The molecule has 0 saturated carbocycles. The molecule has 0 amide bonds. The Kier molecular flexibility index (Phi) is 4.22. The summed E-state index contributed by atoms with van der Waals surface area (Å²) in [6.07, 6.45) is 0. The van der Waals surface area contributed by atoms with Gasteiger partial charge in [0.25, 0.3) is 0 Å². The smallest absolute Gasteiger partial charge is 0.145 e. The normalized spacial score (nSPS) is 9.74. The summed E-state index contributed by atoms with van der Waals surface area (Å²) in [6.45, 7) is 0.562. The number of anilines is 1. The topological polar surface area (TPSA) is 57.9 Å². The van der Waals surface area contributed by atoms with Crippen molar-refractivity contribution in [1.82, 2.24) is 4.98 Å². The number of nitrogens with zero attached hydrogens (tertiary/aromatic N) is 2. The Labute approximate surface area is 116 Å². The molecule has 0 aliphatic heterocycles. The SMILES string of the molecule is COc1ccc(CNc2nc(Cl)ccc2C#N)cc1. The molecule has 0 bridgehead atoms. The summed E-state index contributed by atoms with van der Waals surface area (Å²) >= 11 is 5.82. The van der Waals surface area contributed by atoms with E-state index in [9.17, 15) is 0 Å². The van der Waals surface area contributed by atoms with Crippen LogP contribution in [0.5, 0.6) is 5.75 Å². The molecule has 96 valence electrons. The van der Waals surface area contributed by atoms with Gasteiger partial charge in [-0.15, -0.1) is 0 Å². The molecule has 1 aromatic heterocycles. The first-order chi connectivity index (χ1) is 9.22. The van der Waals surface area contributed by atoms with E-state index in [-0.39, 0.29) is 0 Å². The van der Waals surface area contributed by atoms with Crippen LogP contribution in [0, 0.1) is 11.3 Å². The molecule has 0 fully saturated rings. The molecular formula is C14H12ClN3O. The van der Waals surface area contributed by atoms with E-state index < -0.39 is 0 Å². The van der Waals surface area contributed by atoms with Gasteiger partial charge in [0.2, 0.25) is 0 Å². The maximum Gasteiger partial charge on any atom is 0.145 e. The maximum atomic E-state index is 8.99. The van der Waals surface area contributed by atoms with Crippen molar-refractivity contribution in [1.29, 1.82) is 5.26 Å². The average molecular weight is 274 g/mol. The van der Waals surface area contributed by atoms with Crippen LogP contribution in [0.25, 0.3) is 0 Å². The number of halogens is 1. The molecule has 19 heavy (non-hydrogen) atoms. The van der Waals surface area contributed by atoms with Crippen LogP contribution < -0.4 is 10.1 Å². The Morgan fingerprint density at radius 3 is 2.63 bits per heavy atom. The van der Waals surface area contributed by atoms with Crippen LogP contribution in [0.2, 0.25) is 5.15 Å². The summed E-state index contributed by atoms with van der Waals surface area (Å²) in [6, 6.07) is 13.0. The second-order valence-electron chi connectivity index (χ2n) is 3.84. The maximum absolute atomic E-state index is 8.99. The Morgan fingerprint density at radius 1 is 1.26 bits per heavy atom. The number of methoxy groups -OCH3 is 1. The number of aromatic nitrogens is 1. The van der Waals surface area contributed by atoms with Gasteiger partial charge in [-0.1, -0.05) is 23.7 Å². The van der Waals surface area contributed by atoms with Crippen LogP contribution >= 0.6 is 11.6 Å². The number of benzene rings is 1. The number of hydrogen-bond acceptors (Lipinski definition) is 4. The Bertz CT molecular complexity index is 605. The van der Waals surface area contributed by atoms with Gasteiger partial charge in [-0.2, -0.15) is 5.26 Å². The lowest BCUT2D eigenvalue weighted by Crippen LogP contribution is -2.03. The van der Waals surface area contributed by atoms with Crippen LogP contribution in [0.4, 0.5) is 5.82 Å². The zero-order chi connectivity index (χ0) is 13.7. The van der Waals surface area contributed by atoms with Gasteiger partial charge in [0.15, 0.2) is 0 Å². The highest BCUT2D eigenvalue weighted by Crippen LogP contribution is 2.17. The van der Waals surface area contributed by atoms with Gasteiger partial charge in [0.05, 0.1) is 12.7 Å². The van der Waals surface area contributed by atoms with E-state index in [0.717, 1.165) is 11.3 Å². The van der Waals surface area contributed by atoms with Crippen molar-refractivity contribution < 1.29 is 4.74 Å². The second-order valence-corrected chi connectivity index (χ2v) is 4.23. The molecule has 2 aromatic rings. The highest BCUT2D eigenvalue weighted by Gasteiger charge is 2.04. The number of nitriles is 1. The number of ether oxygens (including phenoxy) is 1. The van der Waals surface area contributed by atoms with E-state index in [4.69, 9.17) is 21.6 Å². The fourth-order valence-corrected chi connectivity index (χ4v) is 1.74. The molecule has 0 unspecified atom stereocenters. The predicted molar refractivity (Wildman–Crippen MR) is 74.3 cm³/mol. The summed E-state index contributed by atoms with van der Waals surface area (Å²) in [7, 11) is 1.63. The molecule has 2 rings (SSSR count). The molecule has 0 atom stereocenters. The van der Waals surface area contributed by atoms with E-state index in [1.54, 1.807) is 19.2 Å². The summed E-state index contributed by atoms with van der Waals surface area (Å²) in [4.78, 5) is 4.10. The highest BCUT2D eigenvalue weighted by atomic mass is 35.5. The van der Waals surface area contributed by atoms with Crippen molar-refractivity contribution >= 4 is 17.4 Å². The molecular weight excluding hydrogens is 262 g/mol. The second kappa shape index (κ2) is 6.07. The van der Waals surface area contributed by atoms with E-state index in [0.29, 0.717) is 23.1 Å². The number of nitrogens with one attached hydrogen (secondary N) is 1. The first-order valence-corrected chi connectivity index (χ1v) is 6.04. The zero-order valence-electron chi connectivity index (χ0n) is 10.4. The monoisotopic (exact) mass is 273 g/mol. The lowest BCUT2D eigenvalue weighted by atomic mass is 10.2. The largest absolute Gasteiger partial charge is 0.497 e. The molecule has 0 saturated heterocycles. The Morgan fingerprint density at radius 2 is 2.00 bits per heavy atom. The van der Waals surface area contributed by atoms with Gasteiger partial charge in [-0.3, -0.25) is 0 Å². The van der Waals surface area contributed by atoms with Crippen LogP contribution in [-0.4, -0.2) is 12.1 Å². The van der Waals surface area contributed by atoms with Crippen molar-refractivity contribution in [2.75, 3.05) is 12.4 Å². The molecule has 0 spiro atoms. The van der Waals surface area contributed by atoms with Crippen molar-refractivity contribution in [2.24, 2.45) is 0 Å². The van der Waals surface area contributed by atoms with Gasteiger partial charge in [-0.25, -0.2) is 4.98 Å². The Balaban J connectivity index is 2.09. The summed E-state index contributed by atoms with van der Waals surface area (Å²) in [5.74, 6) is 1.30. The number of rotatable bonds is 4. The fourth-order valence-electron chi connectivity index (χ4n) is 1.59. The highest BCUT2D eigenvalue weighted by molar-refractivity contribution is 6.29. The van der Waals surface area contributed by atoms with Gasteiger partial charge >= 0.3 is 0 Å². The zero-order valence-corrected chi connectivity index (χ0v) is 11.1. The average Bonchev–Trinajstić information content (AvgIpc) is 2.46. The number of pyridine rings is 1. The third kappa shape index (κ3) is 3.36. The minimum absolute atomic E-state index is 0.358. The van der Waals surface area contributed by atoms with Crippen LogP contribution in [0.3, 0.4) is 0 Å². The van der Waals surface area contributed by atoms with Crippen LogP contribution in [0.1, 0.15) is 11.1 Å². The van der Waals surface area contributed by atoms with Crippen LogP contribution in [-0.2, 0) is 6.54 Å². The van der Waals surface area contributed by atoms with Crippen molar-refractivity contribution in [3.05, 3.63) is 52.7 Å². The molecule has 0 aliphatic rings. The molecule has 0 radical (unpaired) electrons. The fraction of sp³-hybridized carbons (Fsp3) is 0.143. The third-order valence-electron chi connectivity index (χ3n) is 2.60. The van der Waals surface area contributed by atoms with Gasteiger partial charge in [0.1, 0.15) is 22.8 Å². The lowest BCUT2D eigenvalue weighted by Gasteiger charge is -2.08. The predicted octanol–water partition coefficient (Wildman–Crippen LogP) is 3.23. The molecule has 5 heteroatoms. The molecule has 1 aromatic carbocycles. The standard InChI is InChI=1S/C14H12ClN3O/c1-19-12-5-2-10(3-6-12)9-17-14-11(8-16)4-7-13(15)18-14/h2-7H,9H2,1H3,(H,17,18). The summed E-state index contributed by atoms with van der Waals surface area (Å²) in [5, 5.41) is 12.4. The van der Waals surface area contributed by atoms with E-state index in [1.165, 1.54) is 0 Å². The van der Waals surface area contributed by atoms with Gasteiger partial charge < -0.3 is 10.1 Å². The van der Waals surface area contributed by atoms with E-state index >= 15 is 0 Å². The molecule has 4 nitrogen and oxygen atoms in total. The molecule has 1 N–H and O–H groups in total. The minimum atomic E-state index is 0.358. The van der Waals surface area contributed by atoms with Crippen molar-refractivity contribution in [2.45, 2.75) is 6.54 Å². The first kappa shape index (κ1) is 13.2. The van der Waals surface area contributed by atoms with Crippen LogP contribution in [0.15, 0.2) is 36.4 Å². The van der Waals surface area contributed by atoms with E-state index in [1.807, 2.05) is 24.3 Å². The first-order valence-electron chi connectivity index (χ1n) is 5.66. The van der Waals surface area contributed by atoms with Gasteiger partial charge in [0, 0.05) is 6.54 Å². The lowest BCUT2D eigenvalue weighted by molar-refractivity contribution is 0.414.